The summed E-state index contributed by atoms with van der Waals surface area (Å²) in [4.78, 5) is 13.3. The van der Waals surface area contributed by atoms with Gasteiger partial charge in [0.05, 0.1) is 17.7 Å². The molecule has 1 aliphatic heterocycles. The van der Waals surface area contributed by atoms with Gasteiger partial charge in [-0.3, -0.25) is 4.79 Å². The molecule has 1 aliphatic rings. The molecule has 1 amide bonds. The van der Waals surface area contributed by atoms with Crippen molar-refractivity contribution in [1.29, 1.82) is 0 Å². The number of phenols is 1. The second-order valence-corrected chi connectivity index (χ2v) is 9.24. The van der Waals surface area contributed by atoms with Gasteiger partial charge in [0.15, 0.2) is 0 Å². The van der Waals surface area contributed by atoms with E-state index in [-0.39, 0.29) is 33.8 Å². The predicted molar refractivity (Wildman–Crippen MR) is 106 cm³/mol. The van der Waals surface area contributed by atoms with Crippen LogP contribution in [0.15, 0.2) is 63.7 Å². The molecule has 144 valence electrons. The molecule has 1 atom stereocenters. The van der Waals surface area contributed by atoms with Crippen LogP contribution in [0, 0.1) is 0 Å². The van der Waals surface area contributed by atoms with Gasteiger partial charge in [-0.25, -0.2) is 8.42 Å². The third-order valence-corrected chi connectivity index (χ3v) is 7.75. The minimum Gasteiger partial charge on any atom is -0.508 e. The van der Waals surface area contributed by atoms with Crippen molar-refractivity contribution in [3.05, 3.63) is 64.4 Å². The van der Waals surface area contributed by atoms with E-state index in [4.69, 9.17) is 4.74 Å². The number of aromatic hydroxyl groups is 1. The van der Waals surface area contributed by atoms with Crippen molar-refractivity contribution in [2.45, 2.75) is 22.1 Å². The lowest BCUT2D eigenvalue weighted by Crippen LogP contribution is -2.23. The van der Waals surface area contributed by atoms with Crippen molar-refractivity contribution in [3.63, 3.8) is 0 Å². The standard InChI is InChI=1S/C20H17NO5S2/c1-26-14-6-8-15(9-7-14)28(24,25)17-11-27-20-16(10-18(23)21-19(17)20)12-2-4-13(22)5-3-12/h2-9,11,16,22H,10H2,1H3,(H,21,23)/t16-/m0/s1. The number of hydrogen-bond acceptors (Lipinski definition) is 6. The van der Waals surface area contributed by atoms with Crippen molar-refractivity contribution in [3.8, 4) is 11.5 Å². The Balaban J connectivity index is 1.79. The molecular weight excluding hydrogens is 398 g/mol. The molecule has 2 aromatic carbocycles. The van der Waals surface area contributed by atoms with Gasteiger partial charge in [0, 0.05) is 22.6 Å². The molecule has 3 aromatic rings. The molecule has 0 saturated heterocycles. The molecule has 1 aromatic heterocycles. The lowest BCUT2D eigenvalue weighted by atomic mass is 9.91. The average molecular weight is 415 g/mol. The Kier molecular flexibility index (Phi) is 4.60. The van der Waals surface area contributed by atoms with Crippen LogP contribution < -0.4 is 10.1 Å². The average Bonchev–Trinajstić information content (AvgIpc) is 3.12. The number of rotatable bonds is 4. The molecular formula is C20H17NO5S2. The van der Waals surface area contributed by atoms with E-state index in [0.717, 1.165) is 10.4 Å². The molecule has 0 aliphatic carbocycles. The molecule has 2 heterocycles. The van der Waals surface area contributed by atoms with Crippen molar-refractivity contribution in [2.75, 3.05) is 12.4 Å². The molecule has 0 saturated carbocycles. The second kappa shape index (κ2) is 6.96. The molecule has 4 rings (SSSR count). The van der Waals surface area contributed by atoms with Gasteiger partial charge in [-0.05, 0) is 42.0 Å². The highest BCUT2D eigenvalue weighted by molar-refractivity contribution is 7.91. The van der Waals surface area contributed by atoms with Crippen LogP contribution in [0.5, 0.6) is 11.5 Å². The zero-order valence-corrected chi connectivity index (χ0v) is 16.5. The smallest absolute Gasteiger partial charge is 0.225 e. The molecule has 0 fully saturated rings. The number of amides is 1. The second-order valence-electron chi connectivity index (χ2n) is 6.41. The highest BCUT2D eigenvalue weighted by Gasteiger charge is 2.34. The number of anilines is 1. The van der Waals surface area contributed by atoms with Crippen LogP contribution in [0.25, 0.3) is 0 Å². The molecule has 2 N–H and O–H groups in total. The Morgan fingerprint density at radius 1 is 1.11 bits per heavy atom. The number of methoxy groups -OCH3 is 1. The Hall–Kier alpha value is -2.84. The first-order valence-corrected chi connectivity index (χ1v) is 10.9. The zero-order chi connectivity index (χ0) is 19.9. The van der Waals surface area contributed by atoms with Crippen LogP contribution >= 0.6 is 11.3 Å². The van der Waals surface area contributed by atoms with Gasteiger partial charge < -0.3 is 15.2 Å². The van der Waals surface area contributed by atoms with Crippen LogP contribution in [-0.4, -0.2) is 26.5 Å². The molecule has 8 heteroatoms. The van der Waals surface area contributed by atoms with E-state index < -0.39 is 9.84 Å². The fraction of sp³-hybridized carbons (Fsp3) is 0.150. The number of sulfone groups is 1. The Labute approximate surface area is 166 Å². The predicted octanol–water partition coefficient (Wildman–Crippen LogP) is 3.77. The highest BCUT2D eigenvalue weighted by Crippen LogP contribution is 2.46. The van der Waals surface area contributed by atoms with Crippen LogP contribution in [0.1, 0.15) is 22.8 Å². The van der Waals surface area contributed by atoms with E-state index in [2.05, 4.69) is 5.32 Å². The van der Waals surface area contributed by atoms with E-state index in [1.165, 1.54) is 30.6 Å². The highest BCUT2D eigenvalue weighted by atomic mass is 32.2. The number of carbonyl (C=O) groups is 1. The summed E-state index contributed by atoms with van der Waals surface area (Å²) < 4.78 is 31.4. The summed E-state index contributed by atoms with van der Waals surface area (Å²) in [6.45, 7) is 0. The van der Waals surface area contributed by atoms with Crippen molar-refractivity contribution in [2.24, 2.45) is 0 Å². The summed E-state index contributed by atoms with van der Waals surface area (Å²) in [6.07, 6.45) is 0.223. The monoisotopic (exact) mass is 415 g/mol. The Morgan fingerprint density at radius 3 is 2.43 bits per heavy atom. The van der Waals surface area contributed by atoms with Crippen molar-refractivity contribution >= 4 is 32.8 Å². The van der Waals surface area contributed by atoms with Crippen molar-refractivity contribution in [1.82, 2.24) is 0 Å². The molecule has 0 radical (unpaired) electrons. The summed E-state index contributed by atoms with van der Waals surface area (Å²) in [5, 5.41) is 13.8. The third kappa shape index (κ3) is 3.14. The van der Waals surface area contributed by atoms with Gasteiger partial charge in [-0.15, -0.1) is 11.3 Å². The fourth-order valence-corrected chi connectivity index (χ4v) is 6.17. The third-order valence-electron chi connectivity index (χ3n) is 4.71. The van der Waals surface area contributed by atoms with Crippen LogP contribution in [0.4, 0.5) is 5.69 Å². The molecule has 0 unspecified atom stereocenters. The largest absolute Gasteiger partial charge is 0.508 e. The summed E-state index contributed by atoms with van der Waals surface area (Å²) in [7, 11) is -2.29. The first kappa shape index (κ1) is 18.5. The van der Waals surface area contributed by atoms with E-state index in [9.17, 15) is 18.3 Å². The number of nitrogens with one attached hydrogen (secondary N) is 1. The number of hydrogen-bond donors (Lipinski definition) is 2. The summed E-state index contributed by atoms with van der Waals surface area (Å²) in [5.41, 5.74) is 1.19. The zero-order valence-electron chi connectivity index (χ0n) is 14.9. The quantitative estimate of drug-likeness (QED) is 0.677. The molecule has 0 bridgehead atoms. The Bertz CT molecular complexity index is 1130. The normalized spacial score (nSPS) is 16.3. The maximum Gasteiger partial charge on any atom is 0.225 e. The van der Waals surface area contributed by atoms with E-state index in [1.54, 1.807) is 41.8 Å². The Morgan fingerprint density at radius 2 is 1.79 bits per heavy atom. The van der Waals surface area contributed by atoms with Gasteiger partial charge in [-0.2, -0.15) is 0 Å². The maximum atomic E-state index is 13.1. The summed E-state index contributed by atoms with van der Waals surface area (Å²) >= 11 is 1.31. The molecule has 6 nitrogen and oxygen atoms in total. The molecule has 0 spiro atoms. The lowest BCUT2D eigenvalue weighted by Gasteiger charge is -2.23. The topological polar surface area (TPSA) is 92.7 Å². The van der Waals surface area contributed by atoms with Gasteiger partial charge in [-0.1, -0.05) is 12.1 Å². The summed E-state index contributed by atoms with van der Waals surface area (Å²) in [5.74, 6) is 0.203. The lowest BCUT2D eigenvalue weighted by molar-refractivity contribution is -0.116. The van der Waals surface area contributed by atoms with Gasteiger partial charge >= 0.3 is 0 Å². The first-order valence-electron chi connectivity index (χ1n) is 8.49. The number of phenolic OH excluding ortho intramolecular Hbond substituents is 1. The maximum absolute atomic E-state index is 13.1. The minimum atomic E-state index is -3.80. The van der Waals surface area contributed by atoms with Crippen LogP contribution in [0.2, 0.25) is 0 Å². The van der Waals surface area contributed by atoms with E-state index in [1.807, 2.05) is 0 Å². The number of benzene rings is 2. The van der Waals surface area contributed by atoms with Gasteiger partial charge in [0.2, 0.25) is 15.7 Å². The fourth-order valence-electron chi connectivity index (χ4n) is 3.26. The van der Waals surface area contributed by atoms with Gasteiger partial charge in [0.1, 0.15) is 16.4 Å². The van der Waals surface area contributed by atoms with Crippen LogP contribution in [-0.2, 0) is 14.6 Å². The number of ether oxygens (including phenoxy) is 1. The van der Waals surface area contributed by atoms with E-state index in [0.29, 0.717) is 11.4 Å². The number of thiophene rings is 1. The summed E-state index contributed by atoms with van der Waals surface area (Å²) in [6, 6.07) is 12.8. The van der Waals surface area contributed by atoms with Gasteiger partial charge in [0.25, 0.3) is 0 Å². The first-order chi connectivity index (χ1) is 13.4. The number of fused-ring (bicyclic) bond motifs is 1. The van der Waals surface area contributed by atoms with Crippen LogP contribution in [0.3, 0.4) is 0 Å². The SMILES string of the molecule is COc1ccc(S(=O)(=O)c2csc3c2NC(=O)C[C@H]3c2ccc(O)cc2)cc1. The van der Waals surface area contributed by atoms with Crippen molar-refractivity contribution < 1.29 is 23.1 Å². The van der Waals surface area contributed by atoms with E-state index >= 15 is 0 Å². The number of carbonyl (C=O) groups excluding carboxylic acids is 1. The minimum absolute atomic E-state index is 0.0921. The molecule has 28 heavy (non-hydrogen) atoms.